The molecule has 2 aromatic carbocycles. The minimum atomic E-state index is -1.08. The minimum Gasteiger partial charge on any atom is -0.497 e. The number of rotatable bonds is 12. The summed E-state index contributed by atoms with van der Waals surface area (Å²) in [6, 6.07) is 14.3. The third-order valence-electron chi connectivity index (χ3n) is 6.27. The number of aliphatic hydroxyl groups is 2. The summed E-state index contributed by atoms with van der Waals surface area (Å²) in [6.45, 7) is 2.17. The van der Waals surface area contributed by atoms with E-state index in [0.717, 1.165) is 14.9 Å². The van der Waals surface area contributed by atoms with Gasteiger partial charge in [0.1, 0.15) is 23.7 Å². The average Bonchev–Trinajstić information content (AvgIpc) is 2.93. The van der Waals surface area contributed by atoms with Crippen molar-refractivity contribution in [3.8, 4) is 11.5 Å². The Labute approximate surface area is 237 Å². The second-order valence-electron chi connectivity index (χ2n) is 8.89. The standard InChI is InChI=1S/C29H35IN2O6/c1-3-4-12-27(34)32(15-13-20-8-7-9-22(17-20)37-2)24-18-21(29(36)31-14-16-33)19-26(28(24)35)38-25-11-6-5-10-23(25)30/h4-12,17,19,24,26,28,33,35H,3,13-16,18H2,1-2H3,(H,31,36)/t24-,26+,28+/m1/s1. The largest absolute Gasteiger partial charge is 0.497 e. The third-order valence-corrected chi connectivity index (χ3v) is 7.16. The van der Waals surface area contributed by atoms with Gasteiger partial charge in [-0.1, -0.05) is 37.3 Å². The molecule has 38 heavy (non-hydrogen) atoms. The van der Waals surface area contributed by atoms with Crippen LogP contribution in [0.1, 0.15) is 25.3 Å². The summed E-state index contributed by atoms with van der Waals surface area (Å²) < 4.78 is 12.4. The Balaban J connectivity index is 1.94. The molecule has 3 rings (SSSR count). The van der Waals surface area contributed by atoms with E-state index < -0.39 is 18.2 Å². The van der Waals surface area contributed by atoms with Crippen LogP contribution in [0, 0.1) is 3.57 Å². The lowest BCUT2D eigenvalue weighted by atomic mass is 9.87. The molecule has 9 heteroatoms. The minimum absolute atomic E-state index is 0.100. The Morgan fingerprint density at radius 1 is 1.21 bits per heavy atom. The first-order valence-electron chi connectivity index (χ1n) is 12.7. The van der Waals surface area contributed by atoms with Crippen LogP contribution >= 0.6 is 22.6 Å². The van der Waals surface area contributed by atoms with Crippen molar-refractivity contribution < 1.29 is 29.3 Å². The van der Waals surface area contributed by atoms with Crippen LogP contribution in [0.3, 0.4) is 0 Å². The second kappa shape index (κ2) is 14.9. The molecule has 2 aromatic rings. The van der Waals surface area contributed by atoms with Gasteiger partial charge < -0.3 is 29.9 Å². The van der Waals surface area contributed by atoms with Crippen LogP contribution in [0.5, 0.6) is 11.5 Å². The maximum atomic E-state index is 13.4. The van der Waals surface area contributed by atoms with Crippen molar-refractivity contribution in [1.29, 1.82) is 0 Å². The molecule has 3 N–H and O–H groups in total. The van der Waals surface area contributed by atoms with Crippen LogP contribution in [-0.2, 0) is 16.0 Å². The Morgan fingerprint density at radius 3 is 2.71 bits per heavy atom. The van der Waals surface area contributed by atoms with E-state index in [4.69, 9.17) is 9.47 Å². The van der Waals surface area contributed by atoms with Gasteiger partial charge in [0.05, 0.1) is 23.3 Å². The molecule has 0 radical (unpaired) electrons. The molecular weight excluding hydrogens is 599 g/mol. The lowest BCUT2D eigenvalue weighted by molar-refractivity contribution is -0.133. The molecule has 1 aliphatic carbocycles. The Morgan fingerprint density at radius 2 is 2.00 bits per heavy atom. The second-order valence-corrected chi connectivity index (χ2v) is 10.1. The number of carbonyl (C=O) groups is 2. The van der Waals surface area contributed by atoms with Crippen molar-refractivity contribution in [2.45, 2.75) is 44.4 Å². The number of halogens is 1. The molecule has 0 unspecified atom stereocenters. The van der Waals surface area contributed by atoms with E-state index in [9.17, 15) is 19.8 Å². The highest BCUT2D eigenvalue weighted by atomic mass is 127. The van der Waals surface area contributed by atoms with Gasteiger partial charge >= 0.3 is 0 Å². The number of methoxy groups -OCH3 is 1. The van der Waals surface area contributed by atoms with Crippen molar-refractivity contribution in [3.63, 3.8) is 0 Å². The number of amides is 2. The maximum Gasteiger partial charge on any atom is 0.247 e. The quantitative estimate of drug-likeness (QED) is 0.245. The first kappa shape index (κ1) is 29.7. The molecular formula is C29H35IN2O6. The summed E-state index contributed by atoms with van der Waals surface area (Å²) in [6.07, 6.45) is 4.34. The first-order chi connectivity index (χ1) is 18.4. The molecule has 204 valence electrons. The predicted octanol–water partition coefficient (Wildman–Crippen LogP) is 3.25. The number of nitrogens with one attached hydrogen (secondary N) is 1. The molecule has 2 amide bonds. The van der Waals surface area contributed by atoms with Gasteiger partial charge in [-0.3, -0.25) is 9.59 Å². The van der Waals surface area contributed by atoms with Gasteiger partial charge in [-0.15, -0.1) is 0 Å². The van der Waals surface area contributed by atoms with E-state index in [1.807, 2.05) is 49.4 Å². The average molecular weight is 635 g/mol. The predicted molar refractivity (Wildman–Crippen MR) is 154 cm³/mol. The van der Waals surface area contributed by atoms with Crippen LogP contribution in [-0.4, -0.2) is 72.0 Å². The van der Waals surface area contributed by atoms with E-state index >= 15 is 0 Å². The number of hydrogen-bond donors (Lipinski definition) is 3. The number of benzene rings is 2. The van der Waals surface area contributed by atoms with E-state index in [0.29, 0.717) is 30.7 Å². The lowest BCUT2D eigenvalue weighted by Crippen LogP contribution is -2.55. The van der Waals surface area contributed by atoms with Gasteiger partial charge in [0.2, 0.25) is 11.8 Å². The van der Waals surface area contributed by atoms with Crippen molar-refractivity contribution >= 4 is 34.4 Å². The summed E-state index contributed by atoms with van der Waals surface area (Å²) in [5.41, 5.74) is 1.37. The number of ether oxygens (including phenoxy) is 2. The smallest absolute Gasteiger partial charge is 0.247 e. The first-order valence-corrected chi connectivity index (χ1v) is 13.7. The zero-order valence-corrected chi connectivity index (χ0v) is 23.8. The molecule has 0 bridgehead atoms. The zero-order valence-electron chi connectivity index (χ0n) is 21.7. The highest BCUT2D eigenvalue weighted by Gasteiger charge is 2.40. The Hall–Kier alpha value is -2.89. The molecule has 1 aliphatic rings. The number of para-hydroxylation sites is 1. The molecule has 0 aliphatic heterocycles. The Bertz CT molecular complexity index is 1150. The summed E-state index contributed by atoms with van der Waals surface area (Å²) in [4.78, 5) is 27.9. The molecule has 0 spiro atoms. The van der Waals surface area contributed by atoms with E-state index in [-0.39, 0.29) is 31.4 Å². The van der Waals surface area contributed by atoms with E-state index in [1.54, 1.807) is 30.2 Å². The molecule has 0 heterocycles. The zero-order chi connectivity index (χ0) is 27.5. The lowest BCUT2D eigenvalue weighted by Gasteiger charge is -2.40. The summed E-state index contributed by atoms with van der Waals surface area (Å²) in [7, 11) is 1.60. The molecule has 0 fully saturated rings. The number of aliphatic hydroxyl groups excluding tert-OH is 2. The van der Waals surface area contributed by atoms with Crippen molar-refractivity contribution in [2.24, 2.45) is 0 Å². The van der Waals surface area contributed by atoms with Crippen LogP contribution in [0.25, 0.3) is 0 Å². The maximum absolute atomic E-state index is 13.4. The van der Waals surface area contributed by atoms with Gasteiger partial charge in [0.25, 0.3) is 0 Å². The molecule has 0 saturated heterocycles. The van der Waals surface area contributed by atoms with Gasteiger partial charge in [-0.05, 0) is 77.4 Å². The summed E-state index contributed by atoms with van der Waals surface area (Å²) >= 11 is 2.15. The molecule has 3 atom stereocenters. The van der Waals surface area contributed by atoms with Gasteiger partial charge in [-0.2, -0.15) is 0 Å². The monoisotopic (exact) mass is 634 g/mol. The van der Waals surface area contributed by atoms with E-state index in [1.165, 1.54) is 6.08 Å². The number of hydrogen-bond acceptors (Lipinski definition) is 6. The van der Waals surface area contributed by atoms with Crippen molar-refractivity contribution in [2.75, 3.05) is 26.8 Å². The third kappa shape index (κ3) is 8.05. The SMILES string of the molecule is CCC=CC(=O)N(CCc1cccc(OC)c1)[C@@H]1CC(C(=O)NCCO)=C[C@H](Oc2ccccc2I)[C@H]1O. The van der Waals surface area contributed by atoms with Crippen LogP contribution < -0.4 is 14.8 Å². The normalized spacial score (nSPS) is 19.1. The topological polar surface area (TPSA) is 108 Å². The van der Waals surface area contributed by atoms with Crippen LogP contribution in [0.15, 0.2) is 72.3 Å². The van der Waals surface area contributed by atoms with Gasteiger partial charge in [0, 0.05) is 25.1 Å². The number of allylic oxidation sites excluding steroid dienone is 1. The fourth-order valence-corrected chi connectivity index (χ4v) is 4.81. The van der Waals surface area contributed by atoms with Crippen LogP contribution in [0.2, 0.25) is 0 Å². The Kier molecular flexibility index (Phi) is 11.6. The highest BCUT2D eigenvalue weighted by Crippen LogP contribution is 2.30. The number of nitrogens with zero attached hydrogens (tertiary/aromatic N) is 1. The fourth-order valence-electron chi connectivity index (χ4n) is 4.30. The fraction of sp³-hybridized carbons (Fsp3) is 0.379. The van der Waals surface area contributed by atoms with Crippen molar-refractivity contribution in [1.82, 2.24) is 10.2 Å². The van der Waals surface area contributed by atoms with Crippen LogP contribution in [0.4, 0.5) is 0 Å². The number of carbonyl (C=O) groups excluding carboxylic acids is 2. The summed E-state index contributed by atoms with van der Waals surface area (Å²) in [5.74, 6) is 0.686. The van der Waals surface area contributed by atoms with Crippen molar-refractivity contribution in [3.05, 3.63) is 81.5 Å². The van der Waals surface area contributed by atoms with Gasteiger partial charge in [-0.25, -0.2) is 0 Å². The molecule has 8 nitrogen and oxygen atoms in total. The molecule has 0 aromatic heterocycles. The van der Waals surface area contributed by atoms with Gasteiger partial charge in [0.15, 0.2) is 0 Å². The highest BCUT2D eigenvalue weighted by molar-refractivity contribution is 14.1. The molecule has 0 saturated carbocycles. The van der Waals surface area contributed by atoms with E-state index in [2.05, 4.69) is 27.9 Å². The summed E-state index contributed by atoms with van der Waals surface area (Å²) in [5, 5.41) is 23.4.